The van der Waals surface area contributed by atoms with Crippen LogP contribution in [0.3, 0.4) is 0 Å². The van der Waals surface area contributed by atoms with E-state index in [4.69, 9.17) is 9.47 Å². The third-order valence-electron chi connectivity index (χ3n) is 5.35. The molecule has 0 bridgehead atoms. The predicted octanol–water partition coefficient (Wildman–Crippen LogP) is 3.79. The summed E-state index contributed by atoms with van der Waals surface area (Å²) in [4.78, 5) is 17.2. The second kappa shape index (κ2) is 9.11. The van der Waals surface area contributed by atoms with Crippen molar-refractivity contribution in [3.8, 4) is 11.5 Å². The van der Waals surface area contributed by atoms with Crippen molar-refractivity contribution in [2.24, 2.45) is 0 Å². The van der Waals surface area contributed by atoms with E-state index in [9.17, 15) is 4.79 Å². The third kappa shape index (κ3) is 4.65. The van der Waals surface area contributed by atoms with Crippen molar-refractivity contribution in [1.29, 1.82) is 0 Å². The molecule has 1 saturated heterocycles. The number of rotatable bonds is 6. The first kappa shape index (κ1) is 20.2. The highest BCUT2D eigenvalue weighted by molar-refractivity contribution is 5.97. The molecule has 3 rings (SSSR count). The van der Waals surface area contributed by atoms with Crippen molar-refractivity contribution in [3.05, 3.63) is 59.2 Å². The number of hydrogen-bond donors (Lipinski definition) is 0. The summed E-state index contributed by atoms with van der Waals surface area (Å²) in [6.45, 7) is 8.53. The summed E-state index contributed by atoms with van der Waals surface area (Å²) in [5.41, 5.74) is 3.27. The molecule has 0 spiro atoms. The highest BCUT2D eigenvalue weighted by Gasteiger charge is 2.24. The minimum absolute atomic E-state index is 0.0143. The Kier molecular flexibility index (Phi) is 6.57. The first-order valence-corrected chi connectivity index (χ1v) is 9.84. The first-order chi connectivity index (χ1) is 13.5. The molecule has 1 heterocycles. The minimum Gasteiger partial charge on any atom is -0.497 e. The second-order valence-corrected chi connectivity index (χ2v) is 7.53. The van der Waals surface area contributed by atoms with Gasteiger partial charge in [0.1, 0.15) is 11.5 Å². The highest BCUT2D eigenvalue weighted by atomic mass is 16.5. The van der Waals surface area contributed by atoms with Gasteiger partial charge in [-0.15, -0.1) is 0 Å². The quantitative estimate of drug-likeness (QED) is 0.762. The summed E-state index contributed by atoms with van der Waals surface area (Å²) in [6.07, 6.45) is 0. The van der Waals surface area contributed by atoms with Gasteiger partial charge in [0.05, 0.1) is 19.8 Å². The largest absolute Gasteiger partial charge is 0.497 e. The first-order valence-electron chi connectivity index (χ1n) is 9.84. The third-order valence-corrected chi connectivity index (χ3v) is 5.35. The molecular weight excluding hydrogens is 352 g/mol. The van der Waals surface area contributed by atoms with E-state index >= 15 is 0 Å². The average molecular weight is 383 g/mol. The summed E-state index contributed by atoms with van der Waals surface area (Å²) in [6, 6.07) is 14.2. The van der Waals surface area contributed by atoms with Crippen LogP contribution in [-0.4, -0.2) is 56.1 Å². The molecule has 5 heteroatoms. The molecule has 1 amide bonds. The molecule has 28 heavy (non-hydrogen) atoms. The number of piperazine rings is 1. The Bertz CT molecular complexity index is 794. The lowest BCUT2D eigenvalue weighted by Gasteiger charge is -2.35. The van der Waals surface area contributed by atoms with Crippen LogP contribution in [0, 0.1) is 0 Å². The van der Waals surface area contributed by atoms with Gasteiger partial charge in [-0.2, -0.15) is 0 Å². The van der Waals surface area contributed by atoms with Crippen LogP contribution in [0.1, 0.15) is 41.3 Å². The normalized spacial score (nSPS) is 15.0. The van der Waals surface area contributed by atoms with Crippen LogP contribution in [0.4, 0.5) is 0 Å². The Morgan fingerprint density at radius 1 is 0.964 bits per heavy atom. The fourth-order valence-corrected chi connectivity index (χ4v) is 3.52. The maximum Gasteiger partial charge on any atom is 0.257 e. The van der Waals surface area contributed by atoms with E-state index in [1.165, 1.54) is 11.1 Å². The van der Waals surface area contributed by atoms with Gasteiger partial charge in [-0.25, -0.2) is 0 Å². The number of benzene rings is 2. The monoisotopic (exact) mass is 382 g/mol. The number of carbonyl (C=O) groups is 1. The standard InChI is InChI=1S/C23H30N2O3/c1-17(2)19-7-5-18(6-8-19)16-24-11-13-25(14-12-24)23(26)21-10-9-20(27-3)15-22(21)28-4/h5-10,15,17H,11-14,16H2,1-4H3. The summed E-state index contributed by atoms with van der Waals surface area (Å²) in [7, 11) is 3.18. The highest BCUT2D eigenvalue weighted by Crippen LogP contribution is 2.26. The maximum atomic E-state index is 12.9. The van der Waals surface area contributed by atoms with Gasteiger partial charge in [-0.1, -0.05) is 38.1 Å². The molecule has 0 aliphatic carbocycles. The molecule has 0 atom stereocenters. The number of methoxy groups -OCH3 is 2. The van der Waals surface area contributed by atoms with Gasteiger partial charge in [0.15, 0.2) is 0 Å². The van der Waals surface area contributed by atoms with Gasteiger partial charge in [-0.3, -0.25) is 9.69 Å². The van der Waals surface area contributed by atoms with E-state index in [0.717, 1.165) is 32.7 Å². The second-order valence-electron chi connectivity index (χ2n) is 7.53. The summed E-state index contributed by atoms with van der Waals surface area (Å²) < 4.78 is 10.6. The van der Waals surface area contributed by atoms with Crippen LogP contribution in [-0.2, 0) is 6.54 Å². The van der Waals surface area contributed by atoms with Crippen molar-refractivity contribution in [2.45, 2.75) is 26.3 Å². The molecule has 1 aliphatic rings. The SMILES string of the molecule is COc1ccc(C(=O)N2CCN(Cc3ccc(C(C)C)cc3)CC2)c(OC)c1. The van der Waals surface area contributed by atoms with Gasteiger partial charge in [-0.05, 0) is 29.2 Å². The Morgan fingerprint density at radius 2 is 1.64 bits per heavy atom. The van der Waals surface area contributed by atoms with Crippen LogP contribution < -0.4 is 9.47 Å². The number of carbonyl (C=O) groups excluding carboxylic acids is 1. The zero-order valence-electron chi connectivity index (χ0n) is 17.3. The van der Waals surface area contributed by atoms with Gasteiger partial charge < -0.3 is 14.4 Å². The fraction of sp³-hybridized carbons (Fsp3) is 0.435. The molecule has 0 saturated carbocycles. The zero-order chi connectivity index (χ0) is 20.1. The molecule has 5 nitrogen and oxygen atoms in total. The molecule has 0 aromatic heterocycles. The van der Waals surface area contributed by atoms with E-state index in [2.05, 4.69) is 43.0 Å². The lowest BCUT2D eigenvalue weighted by atomic mass is 10.0. The topological polar surface area (TPSA) is 42.0 Å². The van der Waals surface area contributed by atoms with Crippen LogP contribution in [0.25, 0.3) is 0 Å². The smallest absolute Gasteiger partial charge is 0.257 e. The Hall–Kier alpha value is -2.53. The molecular formula is C23H30N2O3. The van der Waals surface area contributed by atoms with Crippen molar-refractivity contribution in [1.82, 2.24) is 9.80 Å². The van der Waals surface area contributed by atoms with Crippen molar-refractivity contribution < 1.29 is 14.3 Å². The molecule has 2 aromatic rings. The van der Waals surface area contributed by atoms with Gasteiger partial charge in [0, 0.05) is 38.8 Å². The average Bonchev–Trinajstić information content (AvgIpc) is 2.73. The van der Waals surface area contributed by atoms with Crippen LogP contribution in [0.5, 0.6) is 11.5 Å². The van der Waals surface area contributed by atoms with E-state index in [1.807, 2.05) is 4.90 Å². The molecule has 2 aromatic carbocycles. The van der Waals surface area contributed by atoms with Crippen LogP contribution >= 0.6 is 0 Å². The summed E-state index contributed by atoms with van der Waals surface area (Å²) in [5, 5.41) is 0. The molecule has 150 valence electrons. The lowest BCUT2D eigenvalue weighted by Crippen LogP contribution is -2.48. The molecule has 0 N–H and O–H groups in total. The Labute approximate surface area is 167 Å². The molecule has 1 aliphatic heterocycles. The van der Waals surface area contributed by atoms with E-state index < -0.39 is 0 Å². The van der Waals surface area contributed by atoms with Crippen molar-refractivity contribution in [2.75, 3.05) is 40.4 Å². The van der Waals surface area contributed by atoms with Gasteiger partial charge >= 0.3 is 0 Å². The number of amides is 1. The lowest BCUT2D eigenvalue weighted by molar-refractivity contribution is 0.0625. The van der Waals surface area contributed by atoms with Crippen LogP contribution in [0.2, 0.25) is 0 Å². The number of hydrogen-bond acceptors (Lipinski definition) is 4. The Morgan fingerprint density at radius 3 is 2.21 bits per heavy atom. The van der Waals surface area contributed by atoms with Crippen LogP contribution in [0.15, 0.2) is 42.5 Å². The van der Waals surface area contributed by atoms with Gasteiger partial charge in [0.25, 0.3) is 5.91 Å². The summed E-state index contributed by atoms with van der Waals surface area (Å²) in [5.74, 6) is 1.80. The fourth-order valence-electron chi connectivity index (χ4n) is 3.52. The van der Waals surface area contributed by atoms with E-state index in [0.29, 0.717) is 23.0 Å². The Balaban J connectivity index is 1.58. The molecule has 0 radical (unpaired) electrons. The molecule has 1 fully saturated rings. The molecule has 0 unspecified atom stereocenters. The van der Waals surface area contributed by atoms with Crippen molar-refractivity contribution >= 4 is 5.91 Å². The number of nitrogens with zero attached hydrogens (tertiary/aromatic N) is 2. The minimum atomic E-state index is 0.0143. The van der Waals surface area contributed by atoms with Gasteiger partial charge in [0.2, 0.25) is 0 Å². The van der Waals surface area contributed by atoms with E-state index in [1.54, 1.807) is 32.4 Å². The predicted molar refractivity (Wildman–Crippen MR) is 111 cm³/mol. The summed E-state index contributed by atoms with van der Waals surface area (Å²) >= 11 is 0. The number of ether oxygens (including phenoxy) is 2. The zero-order valence-corrected chi connectivity index (χ0v) is 17.3. The van der Waals surface area contributed by atoms with E-state index in [-0.39, 0.29) is 5.91 Å². The maximum absolute atomic E-state index is 12.9. The van der Waals surface area contributed by atoms with Crippen molar-refractivity contribution in [3.63, 3.8) is 0 Å².